The van der Waals surface area contributed by atoms with Gasteiger partial charge in [-0.3, -0.25) is 14.9 Å². The lowest BCUT2D eigenvalue weighted by molar-refractivity contribution is -0.386. The van der Waals surface area contributed by atoms with Crippen LogP contribution >= 0.6 is 0 Å². The van der Waals surface area contributed by atoms with Crippen molar-refractivity contribution in [2.75, 3.05) is 0 Å². The molecule has 7 heteroatoms. The minimum atomic E-state index is -0.664. The molecule has 0 fully saturated rings. The Morgan fingerprint density at radius 2 is 2.11 bits per heavy atom. The Bertz CT molecular complexity index is 862. The summed E-state index contributed by atoms with van der Waals surface area (Å²) >= 11 is 0. The lowest BCUT2D eigenvalue weighted by atomic mass is 10.3. The van der Waals surface area contributed by atoms with Gasteiger partial charge in [-0.2, -0.15) is 0 Å². The molecule has 0 saturated carbocycles. The lowest BCUT2D eigenvalue weighted by Crippen LogP contribution is -2.20. The molecule has 2 aromatic heterocycles. The molecule has 96 valence electrons. The molecule has 0 aliphatic heterocycles. The van der Waals surface area contributed by atoms with Gasteiger partial charge in [0.25, 0.3) is 0 Å². The number of hydrogen-bond acceptors (Lipinski definition) is 4. The van der Waals surface area contributed by atoms with E-state index >= 15 is 0 Å². The zero-order chi connectivity index (χ0) is 13.6. The fourth-order valence-corrected chi connectivity index (χ4v) is 2.14. The molecule has 7 nitrogen and oxygen atoms in total. The molecule has 3 rings (SSSR count). The molecule has 0 unspecified atom stereocenters. The van der Waals surface area contributed by atoms with Gasteiger partial charge in [0.1, 0.15) is 0 Å². The third kappa shape index (κ3) is 1.51. The zero-order valence-corrected chi connectivity index (χ0v) is 10.1. The Morgan fingerprint density at radius 1 is 1.37 bits per heavy atom. The van der Waals surface area contributed by atoms with Crippen molar-refractivity contribution in [2.24, 2.45) is 0 Å². The molecule has 0 atom stereocenters. The largest absolute Gasteiger partial charge is 0.350 e. The quantitative estimate of drug-likeness (QED) is 0.516. The van der Waals surface area contributed by atoms with Gasteiger partial charge >= 0.3 is 11.2 Å². The highest BCUT2D eigenvalue weighted by Gasteiger charge is 2.20. The zero-order valence-electron chi connectivity index (χ0n) is 10.1. The van der Waals surface area contributed by atoms with Crippen LogP contribution in [0.3, 0.4) is 0 Å². The standard InChI is InChI=1S/C12H10N4O3/c1-2-14-7-10(16(18)19)11(17)15-9-6-4-3-5-8(9)13-12(14)15/h3-7H,2H2,1H3. The maximum Gasteiger partial charge on any atom is 0.350 e. The van der Waals surface area contributed by atoms with E-state index in [1.54, 1.807) is 22.8 Å². The van der Waals surface area contributed by atoms with Gasteiger partial charge in [0.05, 0.1) is 22.2 Å². The second-order valence-corrected chi connectivity index (χ2v) is 4.10. The molecular weight excluding hydrogens is 248 g/mol. The van der Waals surface area contributed by atoms with Crippen LogP contribution in [0.1, 0.15) is 6.92 Å². The first-order valence-corrected chi connectivity index (χ1v) is 5.78. The Labute approximate surface area is 106 Å². The van der Waals surface area contributed by atoms with Gasteiger partial charge < -0.3 is 4.57 Å². The summed E-state index contributed by atoms with van der Waals surface area (Å²) in [6.07, 6.45) is 1.24. The van der Waals surface area contributed by atoms with Gasteiger partial charge in [-0.25, -0.2) is 9.38 Å². The van der Waals surface area contributed by atoms with Crippen LogP contribution in [0, 0.1) is 10.1 Å². The lowest BCUT2D eigenvalue weighted by Gasteiger charge is -2.04. The third-order valence-electron chi connectivity index (χ3n) is 3.04. The summed E-state index contributed by atoms with van der Waals surface area (Å²) in [5, 5.41) is 11.0. The van der Waals surface area contributed by atoms with E-state index in [9.17, 15) is 14.9 Å². The summed E-state index contributed by atoms with van der Waals surface area (Å²) in [5.41, 5.74) is 0.117. The molecule has 2 heterocycles. The van der Waals surface area contributed by atoms with E-state index in [1.807, 2.05) is 13.0 Å². The normalized spacial score (nSPS) is 11.2. The van der Waals surface area contributed by atoms with E-state index in [0.29, 0.717) is 23.4 Å². The molecule has 0 aliphatic carbocycles. The van der Waals surface area contributed by atoms with Crippen molar-refractivity contribution in [3.8, 4) is 0 Å². The molecule has 0 bridgehead atoms. The van der Waals surface area contributed by atoms with Crippen molar-refractivity contribution in [3.05, 3.63) is 50.9 Å². The van der Waals surface area contributed by atoms with Crippen LogP contribution in [-0.2, 0) is 6.54 Å². The summed E-state index contributed by atoms with van der Waals surface area (Å²) < 4.78 is 2.89. The van der Waals surface area contributed by atoms with Crippen LogP contribution in [0.5, 0.6) is 0 Å². The van der Waals surface area contributed by atoms with Crippen LogP contribution in [-0.4, -0.2) is 18.9 Å². The second-order valence-electron chi connectivity index (χ2n) is 4.10. The van der Waals surface area contributed by atoms with Crippen molar-refractivity contribution < 1.29 is 4.92 Å². The van der Waals surface area contributed by atoms with E-state index in [1.165, 1.54) is 10.6 Å². The number of fused-ring (bicyclic) bond motifs is 3. The predicted molar refractivity (Wildman–Crippen MR) is 69.3 cm³/mol. The van der Waals surface area contributed by atoms with E-state index in [2.05, 4.69) is 4.98 Å². The number of aryl methyl sites for hydroxylation is 1. The SMILES string of the molecule is CCn1cc([N+](=O)[O-])c(=O)n2c3ccccc3nc12. The molecule has 19 heavy (non-hydrogen) atoms. The average Bonchev–Trinajstić information content (AvgIpc) is 2.78. The number of hydrogen-bond donors (Lipinski definition) is 0. The number of benzene rings is 1. The van der Waals surface area contributed by atoms with E-state index < -0.39 is 16.2 Å². The second kappa shape index (κ2) is 3.91. The van der Waals surface area contributed by atoms with Crippen LogP contribution in [0.15, 0.2) is 35.3 Å². The number of rotatable bonds is 2. The Morgan fingerprint density at radius 3 is 2.79 bits per heavy atom. The van der Waals surface area contributed by atoms with Crippen molar-refractivity contribution in [1.29, 1.82) is 0 Å². The van der Waals surface area contributed by atoms with Crippen molar-refractivity contribution >= 4 is 22.5 Å². The van der Waals surface area contributed by atoms with Crippen molar-refractivity contribution in [3.63, 3.8) is 0 Å². The topological polar surface area (TPSA) is 82.4 Å². The fourth-order valence-electron chi connectivity index (χ4n) is 2.14. The van der Waals surface area contributed by atoms with Gasteiger partial charge in [0.15, 0.2) is 0 Å². The Kier molecular flexibility index (Phi) is 2.34. The van der Waals surface area contributed by atoms with Crippen molar-refractivity contribution in [2.45, 2.75) is 13.5 Å². The highest BCUT2D eigenvalue weighted by Crippen LogP contribution is 2.16. The monoisotopic (exact) mass is 258 g/mol. The number of nitro groups is 1. The molecule has 0 radical (unpaired) electrons. The van der Waals surface area contributed by atoms with Crippen LogP contribution in [0.25, 0.3) is 16.8 Å². The molecule has 1 aromatic carbocycles. The molecular formula is C12H10N4O3. The molecule has 0 aliphatic rings. The smallest absolute Gasteiger partial charge is 0.312 e. The summed E-state index contributed by atoms with van der Waals surface area (Å²) in [5.74, 6) is 0.416. The highest BCUT2D eigenvalue weighted by atomic mass is 16.6. The molecule has 0 spiro atoms. The average molecular weight is 258 g/mol. The van der Waals surface area contributed by atoms with Crippen LogP contribution < -0.4 is 5.56 Å². The van der Waals surface area contributed by atoms with Crippen LogP contribution in [0.2, 0.25) is 0 Å². The number of imidazole rings is 1. The number of aromatic nitrogens is 3. The number of nitrogens with zero attached hydrogens (tertiary/aromatic N) is 4. The van der Waals surface area contributed by atoms with Crippen molar-refractivity contribution in [1.82, 2.24) is 14.0 Å². The summed E-state index contributed by atoms with van der Waals surface area (Å²) in [6.45, 7) is 2.33. The number of para-hydroxylation sites is 2. The summed E-state index contributed by atoms with van der Waals surface area (Å²) in [6, 6.07) is 7.07. The first kappa shape index (κ1) is 11.4. The minimum Gasteiger partial charge on any atom is -0.312 e. The molecule has 0 saturated heterocycles. The first-order chi connectivity index (χ1) is 9.13. The third-order valence-corrected chi connectivity index (χ3v) is 3.04. The maximum absolute atomic E-state index is 12.2. The van der Waals surface area contributed by atoms with E-state index in [4.69, 9.17) is 0 Å². The Hall–Kier alpha value is -2.70. The van der Waals surface area contributed by atoms with Crippen LogP contribution in [0.4, 0.5) is 5.69 Å². The first-order valence-electron chi connectivity index (χ1n) is 5.78. The predicted octanol–water partition coefficient (Wildman–Crippen LogP) is 1.58. The van der Waals surface area contributed by atoms with Gasteiger partial charge in [0, 0.05) is 6.54 Å². The van der Waals surface area contributed by atoms with Gasteiger partial charge in [0.2, 0.25) is 5.78 Å². The summed E-state index contributed by atoms with van der Waals surface area (Å²) in [4.78, 5) is 26.8. The summed E-state index contributed by atoms with van der Waals surface area (Å²) in [7, 11) is 0. The molecule has 0 amide bonds. The Balaban J connectivity index is 2.60. The molecule has 3 aromatic rings. The maximum atomic E-state index is 12.2. The van der Waals surface area contributed by atoms with Gasteiger partial charge in [-0.05, 0) is 19.1 Å². The minimum absolute atomic E-state index is 0.416. The van der Waals surface area contributed by atoms with Gasteiger partial charge in [-0.15, -0.1) is 0 Å². The van der Waals surface area contributed by atoms with E-state index in [0.717, 1.165) is 0 Å². The van der Waals surface area contributed by atoms with E-state index in [-0.39, 0.29) is 0 Å². The fraction of sp³-hybridized carbons (Fsp3) is 0.167. The van der Waals surface area contributed by atoms with Gasteiger partial charge in [-0.1, -0.05) is 12.1 Å². The highest BCUT2D eigenvalue weighted by molar-refractivity contribution is 5.79. The molecule has 0 N–H and O–H groups in total.